The van der Waals surface area contributed by atoms with Crippen molar-refractivity contribution in [2.24, 2.45) is 0 Å². The van der Waals surface area contributed by atoms with Crippen LogP contribution >= 0.6 is 0 Å². The highest BCUT2D eigenvalue weighted by Gasteiger charge is 2.27. The van der Waals surface area contributed by atoms with Crippen LogP contribution in [0.15, 0.2) is 30.3 Å². The van der Waals surface area contributed by atoms with Gasteiger partial charge in [-0.15, -0.1) is 0 Å². The molecule has 1 N–H and O–H groups in total. The Kier molecular flexibility index (Phi) is 5.82. The van der Waals surface area contributed by atoms with Crippen molar-refractivity contribution >= 4 is 23.5 Å². The zero-order chi connectivity index (χ0) is 19.4. The molecular formula is C19H22N2O5. The van der Waals surface area contributed by atoms with Crippen LogP contribution in [0.25, 0.3) is 0 Å². The van der Waals surface area contributed by atoms with Crippen LogP contribution in [0.1, 0.15) is 39.0 Å². The zero-order valence-electron chi connectivity index (χ0n) is 15.5. The third-order valence-electron chi connectivity index (χ3n) is 4.14. The highest BCUT2D eigenvalue weighted by molar-refractivity contribution is 6.01. The van der Waals surface area contributed by atoms with E-state index < -0.39 is 18.0 Å². The lowest BCUT2D eigenvalue weighted by atomic mass is 10.1. The van der Waals surface area contributed by atoms with Gasteiger partial charge in [0.2, 0.25) is 0 Å². The molecule has 7 heteroatoms. The van der Waals surface area contributed by atoms with Crippen LogP contribution in [0, 0.1) is 13.8 Å². The van der Waals surface area contributed by atoms with Gasteiger partial charge in [-0.3, -0.25) is 4.79 Å². The Morgan fingerprint density at radius 3 is 2.27 bits per heavy atom. The molecule has 0 unspecified atom stereocenters. The van der Waals surface area contributed by atoms with Crippen molar-refractivity contribution < 1.29 is 23.9 Å². The quantitative estimate of drug-likeness (QED) is 0.830. The summed E-state index contributed by atoms with van der Waals surface area (Å²) in [5.41, 5.74) is 2.04. The van der Waals surface area contributed by atoms with Gasteiger partial charge in [0.1, 0.15) is 5.69 Å². The third-order valence-corrected chi connectivity index (χ3v) is 4.14. The van der Waals surface area contributed by atoms with Crippen molar-refractivity contribution in [3.63, 3.8) is 0 Å². The molecular weight excluding hydrogens is 336 g/mol. The predicted octanol–water partition coefficient (Wildman–Crippen LogP) is 2.63. The number of likely N-dealkylation sites (N-methyl/N-ethyl adjacent to an activating group) is 1. The minimum Gasteiger partial charge on any atom is -0.465 e. The van der Waals surface area contributed by atoms with E-state index in [0.717, 1.165) is 0 Å². The van der Waals surface area contributed by atoms with Crippen LogP contribution in [-0.4, -0.2) is 43.1 Å². The summed E-state index contributed by atoms with van der Waals surface area (Å²) < 4.78 is 10.0. The van der Waals surface area contributed by atoms with Crippen LogP contribution in [0.2, 0.25) is 0 Å². The summed E-state index contributed by atoms with van der Waals surface area (Å²) in [4.78, 5) is 41.0. The van der Waals surface area contributed by atoms with Gasteiger partial charge < -0.3 is 19.4 Å². The summed E-state index contributed by atoms with van der Waals surface area (Å²) in [5, 5.41) is 0. The number of aromatic amines is 1. The first-order chi connectivity index (χ1) is 12.3. The lowest BCUT2D eigenvalue weighted by molar-refractivity contribution is -0.126. The molecule has 1 heterocycles. The molecule has 0 saturated carbocycles. The summed E-state index contributed by atoms with van der Waals surface area (Å²) in [6, 6.07) is 9.05. The van der Waals surface area contributed by atoms with E-state index in [-0.39, 0.29) is 11.6 Å². The van der Waals surface area contributed by atoms with Gasteiger partial charge in [-0.2, -0.15) is 0 Å². The van der Waals surface area contributed by atoms with E-state index in [1.807, 2.05) is 18.2 Å². The monoisotopic (exact) mass is 358 g/mol. The molecule has 0 aliphatic heterocycles. The maximum absolute atomic E-state index is 12.5. The molecule has 7 nitrogen and oxygen atoms in total. The van der Waals surface area contributed by atoms with Crippen molar-refractivity contribution in [3.8, 4) is 0 Å². The molecule has 0 saturated heterocycles. The predicted molar refractivity (Wildman–Crippen MR) is 96.3 cm³/mol. The molecule has 1 aromatic heterocycles. The van der Waals surface area contributed by atoms with Crippen LogP contribution in [-0.2, 0) is 14.3 Å². The number of benzene rings is 1. The average molecular weight is 358 g/mol. The number of nitrogens with one attached hydrogen (secondary N) is 1. The fraction of sp³-hybridized carbons (Fsp3) is 0.316. The van der Waals surface area contributed by atoms with Crippen LogP contribution in [0.3, 0.4) is 0 Å². The van der Waals surface area contributed by atoms with Crippen molar-refractivity contribution in [1.82, 2.24) is 4.98 Å². The second-order valence-electron chi connectivity index (χ2n) is 5.90. The van der Waals surface area contributed by atoms with Crippen molar-refractivity contribution in [2.75, 3.05) is 19.1 Å². The topological polar surface area (TPSA) is 88.7 Å². The molecule has 2 rings (SSSR count). The number of nitrogens with zero attached hydrogens (tertiary/aromatic N) is 1. The molecule has 0 bridgehead atoms. The summed E-state index contributed by atoms with van der Waals surface area (Å²) in [5.74, 6) is -1.61. The number of aryl methyl sites for hydroxylation is 1. The molecule has 1 aromatic carbocycles. The van der Waals surface area contributed by atoms with Gasteiger partial charge in [0.25, 0.3) is 5.91 Å². The van der Waals surface area contributed by atoms with Crippen LogP contribution in [0.5, 0.6) is 0 Å². The number of para-hydroxylation sites is 1. The first-order valence-corrected chi connectivity index (χ1v) is 8.09. The average Bonchev–Trinajstić information content (AvgIpc) is 2.94. The maximum atomic E-state index is 12.5. The molecule has 1 amide bonds. The summed E-state index contributed by atoms with van der Waals surface area (Å²) in [6.07, 6.45) is -0.989. The van der Waals surface area contributed by atoms with Gasteiger partial charge in [0.05, 0.1) is 12.7 Å². The smallest absolute Gasteiger partial charge is 0.355 e. The summed E-state index contributed by atoms with van der Waals surface area (Å²) >= 11 is 0. The van der Waals surface area contributed by atoms with Crippen molar-refractivity contribution in [3.05, 3.63) is 52.8 Å². The van der Waals surface area contributed by atoms with Gasteiger partial charge in [0, 0.05) is 18.4 Å². The number of rotatable bonds is 5. The number of methoxy groups -OCH3 is 1. The molecule has 1 atom stereocenters. The number of aromatic nitrogens is 1. The number of ether oxygens (including phenoxy) is 2. The largest absolute Gasteiger partial charge is 0.465 e. The minimum atomic E-state index is -0.989. The second-order valence-corrected chi connectivity index (χ2v) is 5.90. The molecule has 0 spiro atoms. The molecule has 0 radical (unpaired) electrons. The van der Waals surface area contributed by atoms with Crippen molar-refractivity contribution in [2.45, 2.75) is 26.9 Å². The fourth-order valence-electron chi connectivity index (χ4n) is 2.68. The number of carbonyl (C=O) groups is 3. The number of hydrogen-bond donors (Lipinski definition) is 1. The Balaban J connectivity index is 2.14. The van der Waals surface area contributed by atoms with Gasteiger partial charge in [0.15, 0.2) is 6.10 Å². The lowest BCUT2D eigenvalue weighted by Crippen LogP contribution is -2.37. The normalized spacial score (nSPS) is 11.6. The molecule has 138 valence electrons. The van der Waals surface area contributed by atoms with E-state index in [1.54, 1.807) is 33.0 Å². The summed E-state index contributed by atoms with van der Waals surface area (Å²) in [7, 11) is 2.88. The number of esters is 2. The standard InChI is InChI=1S/C19H22N2O5/c1-11-15(18(23)25-5)12(2)20-16(11)19(24)26-13(3)17(22)21(4)14-9-7-6-8-10-14/h6-10,13,20H,1-5H3/t13-/m0/s1. The Bertz CT molecular complexity index is 826. The lowest BCUT2D eigenvalue weighted by Gasteiger charge is -2.21. The van der Waals surface area contributed by atoms with Gasteiger partial charge in [-0.05, 0) is 38.5 Å². The van der Waals surface area contributed by atoms with Crippen LogP contribution < -0.4 is 4.90 Å². The van der Waals surface area contributed by atoms with E-state index in [9.17, 15) is 14.4 Å². The Hall–Kier alpha value is -3.09. The molecule has 0 aliphatic rings. The zero-order valence-corrected chi connectivity index (χ0v) is 15.5. The van der Waals surface area contributed by atoms with Crippen LogP contribution in [0.4, 0.5) is 5.69 Å². The summed E-state index contributed by atoms with van der Waals surface area (Å²) in [6.45, 7) is 4.79. The molecule has 2 aromatic rings. The Labute approximate surface area is 151 Å². The van der Waals surface area contributed by atoms with E-state index in [1.165, 1.54) is 18.9 Å². The van der Waals surface area contributed by atoms with Gasteiger partial charge in [-0.25, -0.2) is 9.59 Å². The second kappa shape index (κ2) is 7.86. The number of H-pyrrole nitrogens is 1. The number of amides is 1. The highest BCUT2D eigenvalue weighted by Crippen LogP contribution is 2.20. The number of hydrogen-bond acceptors (Lipinski definition) is 5. The third kappa shape index (κ3) is 3.77. The Morgan fingerprint density at radius 1 is 1.08 bits per heavy atom. The van der Waals surface area contributed by atoms with E-state index in [2.05, 4.69) is 4.98 Å². The van der Waals surface area contributed by atoms with Gasteiger partial charge in [-0.1, -0.05) is 18.2 Å². The van der Waals surface area contributed by atoms with E-state index in [0.29, 0.717) is 22.5 Å². The molecule has 26 heavy (non-hydrogen) atoms. The SMILES string of the molecule is COC(=O)c1c(C)[nH]c(C(=O)O[C@@H](C)C(=O)N(C)c2ccccc2)c1C. The first kappa shape index (κ1) is 19.2. The Morgan fingerprint density at radius 2 is 1.69 bits per heavy atom. The number of anilines is 1. The van der Waals surface area contributed by atoms with Crippen molar-refractivity contribution in [1.29, 1.82) is 0 Å². The molecule has 0 aliphatic carbocycles. The number of carbonyl (C=O) groups excluding carboxylic acids is 3. The van der Waals surface area contributed by atoms with E-state index in [4.69, 9.17) is 9.47 Å². The van der Waals surface area contributed by atoms with E-state index >= 15 is 0 Å². The minimum absolute atomic E-state index is 0.130. The van der Waals surface area contributed by atoms with Gasteiger partial charge >= 0.3 is 11.9 Å². The first-order valence-electron chi connectivity index (χ1n) is 8.09. The highest BCUT2D eigenvalue weighted by atomic mass is 16.5. The fourth-order valence-corrected chi connectivity index (χ4v) is 2.68. The molecule has 0 fully saturated rings. The maximum Gasteiger partial charge on any atom is 0.355 e.